The monoisotopic (exact) mass is 489 g/mol. The van der Waals surface area contributed by atoms with E-state index < -0.39 is 22.4 Å². The number of fused-ring (bicyclic) bond motifs is 1. The summed E-state index contributed by atoms with van der Waals surface area (Å²) >= 11 is 6.17. The number of rotatable bonds is 6. The highest BCUT2D eigenvalue weighted by molar-refractivity contribution is 6.31. The van der Waals surface area contributed by atoms with Gasteiger partial charge in [0.1, 0.15) is 11.4 Å². The fraction of sp³-hybridized carbons (Fsp3) is 0.160. The number of urea groups is 1. The van der Waals surface area contributed by atoms with E-state index in [-0.39, 0.29) is 12.2 Å². The van der Waals surface area contributed by atoms with E-state index in [0.29, 0.717) is 28.5 Å². The normalized spacial score (nSPS) is 17.7. The van der Waals surface area contributed by atoms with E-state index in [1.165, 1.54) is 18.2 Å². The van der Waals surface area contributed by atoms with Gasteiger partial charge < -0.3 is 9.88 Å². The Hall–Kier alpha value is -4.24. The van der Waals surface area contributed by atoms with Gasteiger partial charge in [-0.25, -0.2) is 9.78 Å². The molecule has 0 radical (unpaired) electrons. The average molecular weight is 490 g/mol. The van der Waals surface area contributed by atoms with Crippen molar-refractivity contribution in [3.63, 3.8) is 0 Å². The molecule has 3 aromatic carbocycles. The Kier molecular flexibility index (Phi) is 5.49. The molecule has 0 bridgehead atoms. The lowest BCUT2D eigenvalue weighted by Crippen LogP contribution is -2.41. The largest absolute Gasteiger partial charge is 0.325 e. The zero-order valence-corrected chi connectivity index (χ0v) is 19.4. The first-order valence-corrected chi connectivity index (χ1v) is 11.2. The van der Waals surface area contributed by atoms with Crippen molar-refractivity contribution in [3.8, 4) is 0 Å². The summed E-state index contributed by atoms with van der Waals surface area (Å²) in [4.78, 5) is 42.9. The van der Waals surface area contributed by atoms with E-state index in [0.717, 1.165) is 16.0 Å². The number of non-ortho nitro benzene ring substituents is 1. The molecule has 176 valence electrons. The molecule has 3 amide bonds. The SMILES string of the molecule is CC1(c2cccc([N+](=O)[O-])c2)NC(=O)N(Cc2nc3cc(Cl)ccc3n2Cc2ccccc2)C1=O. The molecular formula is C25H20ClN5O4. The molecule has 4 aromatic rings. The number of halogens is 1. The zero-order chi connectivity index (χ0) is 24.7. The number of amides is 3. The van der Waals surface area contributed by atoms with Crippen LogP contribution in [0.15, 0.2) is 72.8 Å². The number of hydrogen-bond acceptors (Lipinski definition) is 5. The molecule has 10 heteroatoms. The van der Waals surface area contributed by atoms with Crippen LogP contribution in [0.5, 0.6) is 0 Å². The van der Waals surface area contributed by atoms with Crippen LogP contribution in [-0.4, -0.2) is 31.3 Å². The number of carbonyl (C=O) groups is 2. The van der Waals surface area contributed by atoms with Crippen LogP contribution in [0.2, 0.25) is 5.02 Å². The van der Waals surface area contributed by atoms with Crippen molar-refractivity contribution in [2.24, 2.45) is 0 Å². The fourth-order valence-electron chi connectivity index (χ4n) is 4.32. The Morgan fingerprint density at radius 1 is 1.03 bits per heavy atom. The highest BCUT2D eigenvalue weighted by atomic mass is 35.5. The molecule has 1 aliphatic heterocycles. The van der Waals surface area contributed by atoms with Crippen molar-refractivity contribution in [1.82, 2.24) is 19.8 Å². The van der Waals surface area contributed by atoms with Crippen molar-refractivity contribution in [3.05, 3.63) is 105 Å². The maximum Gasteiger partial charge on any atom is 0.325 e. The first-order chi connectivity index (χ1) is 16.8. The van der Waals surface area contributed by atoms with Gasteiger partial charge in [-0.2, -0.15) is 0 Å². The van der Waals surface area contributed by atoms with Gasteiger partial charge in [0.15, 0.2) is 0 Å². The lowest BCUT2D eigenvalue weighted by atomic mass is 9.91. The highest BCUT2D eigenvalue weighted by Gasteiger charge is 2.49. The van der Waals surface area contributed by atoms with Crippen molar-refractivity contribution >= 4 is 40.3 Å². The summed E-state index contributed by atoms with van der Waals surface area (Å²) in [5.74, 6) is -0.00254. The second kappa shape index (κ2) is 8.52. The lowest BCUT2D eigenvalue weighted by Gasteiger charge is -2.22. The lowest BCUT2D eigenvalue weighted by molar-refractivity contribution is -0.385. The smallest absolute Gasteiger partial charge is 0.322 e. The molecule has 5 rings (SSSR count). The molecule has 1 saturated heterocycles. The minimum atomic E-state index is -1.44. The predicted molar refractivity (Wildman–Crippen MR) is 130 cm³/mol. The summed E-state index contributed by atoms with van der Waals surface area (Å²) in [6, 6.07) is 20.2. The summed E-state index contributed by atoms with van der Waals surface area (Å²) in [6.45, 7) is 1.95. The second-order valence-corrected chi connectivity index (χ2v) is 8.92. The van der Waals surface area contributed by atoms with Gasteiger partial charge in [-0.3, -0.25) is 19.8 Å². The third-order valence-electron chi connectivity index (χ3n) is 6.18. The number of imidazole rings is 1. The van der Waals surface area contributed by atoms with E-state index in [4.69, 9.17) is 11.6 Å². The number of hydrogen-bond donors (Lipinski definition) is 1. The number of nitro benzene ring substituents is 1. The van der Waals surface area contributed by atoms with Crippen LogP contribution in [0.4, 0.5) is 10.5 Å². The maximum atomic E-state index is 13.5. The van der Waals surface area contributed by atoms with Gasteiger partial charge in [0.05, 0.1) is 22.5 Å². The van der Waals surface area contributed by atoms with Crippen LogP contribution < -0.4 is 5.32 Å². The quantitative estimate of drug-likeness (QED) is 0.241. The topological polar surface area (TPSA) is 110 Å². The van der Waals surface area contributed by atoms with Gasteiger partial charge in [-0.1, -0.05) is 54.1 Å². The number of benzene rings is 3. The van der Waals surface area contributed by atoms with Gasteiger partial charge >= 0.3 is 6.03 Å². The van der Waals surface area contributed by atoms with E-state index in [2.05, 4.69) is 10.3 Å². The van der Waals surface area contributed by atoms with E-state index in [9.17, 15) is 19.7 Å². The summed E-state index contributed by atoms with van der Waals surface area (Å²) in [6.07, 6.45) is 0. The number of nitro groups is 1. The first kappa shape index (κ1) is 22.5. The molecule has 0 spiro atoms. The summed E-state index contributed by atoms with van der Waals surface area (Å²) in [5, 5.41) is 14.5. The number of imide groups is 1. The molecule has 0 aliphatic carbocycles. The van der Waals surface area contributed by atoms with Crippen LogP contribution >= 0.6 is 11.6 Å². The number of carbonyl (C=O) groups excluding carboxylic acids is 2. The second-order valence-electron chi connectivity index (χ2n) is 8.49. The molecule has 35 heavy (non-hydrogen) atoms. The standard InChI is InChI=1S/C25H20ClN5O4/c1-25(17-8-5-9-19(12-17)31(34)35)23(32)30(24(33)28-25)15-22-27-20-13-18(26)10-11-21(20)29(22)14-16-6-3-2-4-7-16/h2-13H,14-15H2,1H3,(H,28,33). The Morgan fingerprint density at radius 3 is 2.54 bits per heavy atom. The minimum absolute atomic E-state index is 0.0751. The van der Waals surface area contributed by atoms with E-state index in [1.54, 1.807) is 25.1 Å². The molecular weight excluding hydrogens is 470 g/mol. The van der Waals surface area contributed by atoms with Crippen LogP contribution in [0.3, 0.4) is 0 Å². The third-order valence-corrected chi connectivity index (χ3v) is 6.42. The average Bonchev–Trinajstić information content (AvgIpc) is 3.28. The third kappa shape index (κ3) is 4.00. The van der Waals surface area contributed by atoms with Gasteiger partial charge in [-0.05, 0) is 36.2 Å². The molecule has 1 N–H and O–H groups in total. The molecule has 1 aromatic heterocycles. The predicted octanol–water partition coefficient (Wildman–Crippen LogP) is 4.61. The molecule has 1 aliphatic rings. The highest BCUT2D eigenvalue weighted by Crippen LogP contribution is 2.32. The molecule has 1 unspecified atom stereocenters. The number of nitrogens with zero attached hydrogens (tertiary/aromatic N) is 4. The van der Waals surface area contributed by atoms with Crippen molar-refractivity contribution < 1.29 is 14.5 Å². The molecule has 1 atom stereocenters. The summed E-state index contributed by atoms with van der Waals surface area (Å²) in [5.41, 5.74) is 1.23. The molecule has 9 nitrogen and oxygen atoms in total. The Morgan fingerprint density at radius 2 is 1.80 bits per heavy atom. The van der Waals surface area contributed by atoms with Crippen molar-refractivity contribution in [2.75, 3.05) is 0 Å². The van der Waals surface area contributed by atoms with E-state index >= 15 is 0 Å². The Labute approximate surface area is 205 Å². The number of aromatic nitrogens is 2. The van der Waals surface area contributed by atoms with Gasteiger partial charge in [0, 0.05) is 23.7 Å². The van der Waals surface area contributed by atoms with Gasteiger partial charge in [-0.15, -0.1) is 0 Å². The maximum absolute atomic E-state index is 13.5. The summed E-state index contributed by atoms with van der Waals surface area (Å²) in [7, 11) is 0. The van der Waals surface area contributed by atoms with Crippen LogP contribution in [0.25, 0.3) is 11.0 Å². The Balaban J connectivity index is 1.52. The van der Waals surface area contributed by atoms with Gasteiger partial charge in [0.25, 0.3) is 11.6 Å². The summed E-state index contributed by atoms with van der Waals surface area (Å²) < 4.78 is 1.95. The molecule has 2 heterocycles. The van der Waals surface area contributed by atoms with Crippen molar-refractivity contribution in [2.45, 2.75) is 25.6 Å². The van der Waals surface area contributed by atoms with Crippen LogP contribution in [0, 0.1) is 10.1 Å². The molecule has 0 saturated carbocycles. The van der Waals surface area contributed by atoms with Crippen molar-refractivity contribution in [1.29, 1.82) is 0 Å². The first-order valence-electron chi connectivity index (χ1n) is 10.8. The van der Waals surface area contributed by atoms with Crippen LogP contribution in [-0.2, 0) is 23.4 Å². The van der Waals surface area contributed by atoms with E-state index in [1.807, 2.05) is 41.0 Å². The fourth-order valence-corrected chi connectivity index (χ4v) is 4.49. The molecule has 1 fully saturated rings. The van der Waals surface area contributed by atoms with Gasteiger partial charge in [0.2, 0.25) is 0 Å². The van der Waals surface area contributed by atoms with Crippen LogP contribution in [0.1, 0.15) is 23.9 Å². The minimum Gasteiger partial charge on any atom is -0.322 e. The Bertz CT molecular complexity index is 1490. The number of nitrogens with one attached hydrogen (secondary N) is 1. The zero-order valence-electron chi connectivity index (χ0n) is 18.6.